The fraction of sp³-hybridized carbons (Fsp3) is 0.250. The van der Waals surface area contributed by atoms with Crippen LogP contribution in [0.25, 0.3) is 0 Å². The van der Waals surface area contributed by atoms with Crippen LogP contribution in [0.1, 0.15) is 28.9 Å². The number of para-hydroxylation sites is 1. The third-order valence-corrected chi connectivity index (χ3v) is 3.46. The van der Waals surface area contributed by atoms with Gasteiger partial charge in [0, 0.05) is 18.8 Å². The first-order valence-electron chi connectivity index (χ1n) is 6.56. The fourth-order valence-electron chi connectivity index (χ4n) is 2.10. The van der Waals surface area contributed by atoms with E-state index in [0.29, 0.717) is 5.56 Å². The topological polar surface area (TPSA) is 42.4 Å². The Hall–Kier alpha value is -2.43. The van der Waals surface area contributed by atoms with Gasteiger partial charge in [-0.15, -0.1) is 0 Å². The maximum atomic E-state index is 12.8. The van der Waals surface area contributed by atoms with Crippen LogP contribution >= 0.6 is 0 Å². The highest BCUT2D eigenvalue weighted by Gasteiger charge is 2.21. The quantitative estimate of drug-likeness (QED) is 0.812. The molecule has 2 aromatic rings. The number of amides is 1. The predicted molar refractivity (Wildman–Crippen MR) is 77.7 cm³/mol. The van der Waals surface area contributed by atoms with Gasteiger partial charge in [0.2, 0.25) is 5.95 Å². The van der Waals surface area contributed by atoms with Gasteiger partial charge in [0.15, 0.2) is 0 Å². The van der Waals surface area contributed by atoms with E-state index in [1.54, 1.807) is 19.1 Å². The Morgan fingerprint density at radius 1 is 1.29 bits per heavy atom. The fourth-order valence-corrected chi connectivity index (χ4v) is 2.10. The highest BCUT2D eigenvalue weighted by Crippen LogP contribution is 2.28. The van der Waals surface area contributed by atoms with Gasteiger partial charge in [-0.3, -0.25) is 4.79 Å². The van der Waals surface area contributed by atoms with E-state index in [1.165, 1.54) is 18.3 Å². The molecule has 1 aromatic heterocycles. The molecule has 5 heteroatoms. The lowest BCUT2D eigenvalue weighted by Crippen LogP contribution is -2.30. The number of nitrogens with zero attached hydrogens (tertiary/aromatic N) is 2. The molecule has 0 aliphatic carbocycles. The van der Waals surface area contributed by atoms with Gasteiger partial charge in [0.25, 0.3) is 5.91 Å². The number of hydrogen-bond donors (Lipinski definition) is 0. The summed E-state index contributed by atoms with van der Waals surface area (Å²) in [7, 11) is 3.29. The number of benzene rings is 1. The zero-order chi connectivity index (χ0) is 15.4. The summed E-state index contributed by atoms with van der Waals surface area (Å²) in [5, 5.41) is 0. The number of aromatic nitrogens is 1. The van der Waals surface area contributed by atoms with Crippen molar-refractivity contribution in [3.63, 3.8) is 0 Å². The number of hydrogen-bond acceptors (Lipinski definition) is 3. The number of carbonyl (C=O) groups is 1. The molecule has 0 spiro atoms. The zero-order valence-corrected chi connectivity index (χ0v) is 12.2. The molecular formula is C16H17FN2O2. The average molecular weight is 288 g/mol. The summed E-state index contributed by atoms with van der Waals surface area (Å²) in [6, 6.07) is 9.95. The van der Waals surface area contributed by atoms with Gasteiger partial charge in [-0.2, -0.15) is 4.39 Å². The van der Waals surface area contributed by atoms with Crippen LogP contribution in [0.2, 0.25) is 0 Å². The summed E-state index contributed by atoms with van der Waals surface area (Å²) in [4.78, 5) is 17.5. The van der Waals surface area contributed by atoms with Crippen LogP contribution in [0, 0.1) is 5.95 Å². The monoisotopic (exact) mass is 288 g/mol. The Labute approximate surface area is 123 Å². The molecule has 0 aliphatic rings. The molecular weight excluding hydrogens is 271 g/mol. The van der Waals surface area contributed by atoms with Crippen molar-refractivity contribution in [2.45, 2.75) is 13.0 Å². The van der Waals surface area contributed by atoms with Crippen molar-refractivity contribution in [2.24, 2.45) is 0 Å². The van der Waals surface area contributed by atoms with Crippen LogP contribution < -0.4 is 4.74 Å². The van der Waals surface area contributed by atoms with Gasteiger partial charge in [-0.05, 0) is 25.1 Å². The number of halogens is 1. The summed E-state index contributed by atoms with van der Waals surface area (Å²) < 4.78 is 18.1. The Morgan fingerprint density at radius 2 is 2.00 bits per heavy atom. The summed E-state index contributed by atoms with van der Waals surface area (Å²) in [5.74, 6) is -0.102. The predicted octanol–water partition coefficient (Wildman–Crippen LogP) is 3.06. The second-order valence-electron chi connectivity index (χ2n) is 4.70. The van der Waals surface area contributed by atoms with Crippen molar-refractivity contribution < 1.29 is 13.9 Å². The van der Waals surface area contributed by atoms with Gasteiger partial charge >= 0.3 is 0 Å². The largest absolute Gasteiger partial charge is 0.496 e. The second-order valence-corrected chi connectivity index (χ2v) is 4.70. The molecule has 1 atom stereocenters. The lowest BCUT2D eigenvalue weighted by Gasteiger charge is -2.26. The molecule has 21 heavy (non-hydrogen) atoms. The van der Waals surface area contributed by atoms with Crippen LogP contribution in [0.3, 0.4) is 0 Å². The van der Waals surface area contributed by atoms with E-state index in [9.17, 15) is 9.18 Å². The van der Waals surface area contributed by atoms with Crippen LogP contribution in [0.5, 0.6) is 5.75 Å². The first kappa shape index (κ1) is 15.0. The van der Waals surface area contributed by atoms with Gasteiger partial charge in [0.1, 0.15) is 5.75 Å². The van der Waals surface area contributed by atoms with E-state index in [1.807, 2.05) is 31.2 Å². The van der Waals surface area contributed by atoms with Crippen LogP contribution in [0.4, 0.5) is 4.39 Å². The van der Waals surface area contributed by atoms with Crippen molar-refractivity contribution in [3.8, 4) is 5.75 Å². The smallest absolute Gasteiger partial charge is 0.255 e. The normalized spacial score (nSPS) is 11.8. The molecule has 110 valence electrons. The number of rotatable bonds is 4. The summed E-state index contributed by atoms with van der Waals surface area (Å²) in [6.45, 7) is 1.91. The molecule has 4 nitrogen and oxygen atoms in total. The number of pyridine rings is 1. The lowest BCUT2D eigenvalue weighted by atomic mass is 10.1. The Balaban J connectivity index is 2.24. The number of carbonyl (C=O) groups excluding carboxylic acids is 1. The Morgan fingerprint density at radius 3 is 2.62 bits per heavy atom. The van der Waals surface area contributed by atoms with Gasteiger partial charge in [0.05, 0.1) is 18.7 Å². The van der Waals surface area contributed by atoms with Crippen molar-refractivity contribution in [2.75, 3.05) is 14.2 Å². The van der Waals surface area contributed by atoms with E-state index in [4.69, 9.17) is 4.74 Å². The first-order chi connectivity index (χ1) is 10.0. The van der Waals surface area contributed by atoms with Crippen molar-refractivity contribution >= 4 is 5.91 Å². The van der Waals surface area contributed by atoms with Gasteiger partial charge < -0.3 is 9.64 Å². The van der Waals surface area contributed by atoms with E-state index in [0.717, 1.165) is 11.3 Å². The van der Waals surface area contributed by atoms with E-state index in [2.05, 4.69) is 4.98 Å². The van der Waals surface area contributed by atoms with Gasteiger partial charge in [-0.25, -0.2) is 4.98 Å². The molecule has 0 fully saturated rings. The van der Waals surface area contributed by atoms with Crippen LogP contribution in [-0.4, -0.2) is 29.9 Å². The van der Waals surface area contributed by atoms with Crippen molar-refractivity contribution in [1.82, 2.24) is 9.88 Å². The van der Waals surface area contributed by atoms with Crippen LogP contribution in [0.15, 0.2) is 42.6 Å². The molecule has 0 saturated carbocycles. The molecule has 2 rings (SSSR count). The zero-order valence-electron chi connectivity index (χ0n) is 12.2. The van der Waals surface area contributed by atoms with Crippen LogP contribution in [-0.2, 0) is 0 Å². The second kappa shape index (κ2) is 6.35. The number of methoxy groups -OCH3 is 1. The van der Waals surface area contributed by atoms with Gasteiger partial charge in [-0.1, -0.05) is 18.2 Å². The summed E-state index contributed by atoms with van der Waals surface area (Å²) in [5.41, 5.74) is 1.26. The molecule has 1 amide bonds. The minimum Gasteiger partial charge on any atom is -0.496 e. The van der Waals surface area contributed by atoms with E-state index >= 15 is 0 Å². The molecule has 1 heterocycles. The number of ether oxygens (including phenoxy) is 1. The van der Waals surface area contributed by atoms with Crippen molar-refractivity contribution in [3.05, 3.63) is 59.7 Å². The van der Waals surface area contributed by atoms with Crippen molar-refractivity contribution in [1.29, 1.82) is 0 Å². The molecule has 0 bridgehead atoms. The average Bonchev–Trinajstić information content (AvgIpc) is 2.53. The highest BCUT2D eigenvalue weighted by atomic mass is 19.1. The minimum absolute atomic E-state index is 0.182. The molecule has 1 unspecified atom stereocenters. The standard InChI is InChI=1S/C16H17FN2O2/c1-11(13-6-4-5-7-14(13)21-3)19(2)16(20)12-8-9-15(17)18-10-12/h4-11H,1-3H3. The third kappa shape index (κ3) is 3.18. The maximum Gasteiger partial charge on any atom is 0.255 e. The summed E-state index contributed by atoms with van der Waals surface area (Å²) >= 11 is 0. The first-order valence-corrected chi connectivity index (χ1v) is 6.56. The maximum absolute atomic E-state index is 12.8. The Kier molecular flexibility index (Phi) is 4.52. The molecule has 0 saturated heterocycles. The third-order valence-electron chi connectivity index (χ3n) is 3.46. The lowest BCUT2D eigenvalue weighted by molar-refractivity contribution is 0.0740. The molecule has 0 radical (unpaired) electrons. The SMILES string of the molecule is COc1ccccc1C(C)N(C)C(=O)c1ccc(F)nc1. The minimum atomic E-state index is -0.605. The Bertz CT molecular complexity index is 628. The molecule has 0 N–H and O–H groups in total. The highest BCUT2D eigenvalue weighted by molar-refractivity contribution is 5.94. The van der Waals surface area contributed by atoms with E-state index < -0.39 is 5.95 Å². The summed E-state index contributed by atoms with van der Waals surface area (Å²) in [6.07, 6.45) is 1.24. The molecule has 1 aromatic carbocycles. The van der Waals surface area contributed by atoms with E-state index in [-0.39, 0.29) is 11.9 Å². The molecule has 0 aliphatic heterocycles.